The summed E-state index contributed by atoms with van der Waals surface area (Å²) in [6, 6.07) is 10.7. The van der Waals surface area contributed by atoms with Crippen LogP contribution >= 0.6 is 0 Å². The fourth-order valence-electron chi connectivity index (χ4n) is 4.09. The zero-order valence-corrected chi connectivity index (χ0v) is 18.2. The molecule has 1 fully saturated rings. The molecule has 31 heavy (non-hydrogen) atoms. The van der Waals surface area contributed by atoms with Crippen LogP contribution in [-0.4, -0.2) is 13.1 Å². The van der Waals surface area contributed by atoms with E-state index in [1.165, 1.54) is 19.3 Å². The predicted molar refractivity (Wildman–Crippen MR) is 121 cm³/mol. The van der Waals surface area contributed by atoms with Crippen molar-refractivity contribution in [2.24, 2.45) is 0 Å². The summed E-state index contributed by atoms with van der Waals surface area (Å²) in [7, 11) is 0. The Hall–Kier alpha value is -3.70. The molecule has 156 valence electrons. The highest BCUT2D eigenvalue weighted by molar-refractivity contribution is 5.77. The molecule has 0 N–H and O–H groups in total. The van der Waals surface area contributed by atoms with Crippen LogP contribution in [0.4, 0.5) is 5.69 Å². The van der Waals surface area contributed by atoms with E-state index in [4.69, 9.17) is 9.47 Å². The number of ether oxygens (including phenoxy) is 2. The minimum Gasteiger partial charge on any atom is -0.460 e. The van der Waals surface area contributed by atoms with Crippen LogP contribution in [0.3, 0.4) is 0 Å². The summed E-state index contributed by atoms with van der Waals surface area (Å²) in [5.41, 5.74) is 4.81. The van der Waals surface area contributed by atoms with E-state index in [9.17, 15) is 10.5 Å². The largest absolute Gasteiger partial charge is 0.460 e. The quantitative estimate of drug-likeness (QED) is 0.566. The first-order valence-corrected chi connectivity index (χ1v) is 10.6. The smallest absolute Gasteiger partial charge is 0.149 e. The number of rotatable bonds is 2. The van der Waals surface area contributed by atoms with Gasteiger partial charge in [-0.3, -0.25) is 0 Å². The molecule has 0 atom stereocenters. The second kappa shape index (κ2) is 8.58. The predicted octanol–water partition coefficient (Wildman–Crippen LogP) is 5.91. The maximum Gasteiger partial charge on any atom is 0.149 e. The topological polar surface area (TPSA) is 69.3 Å². The van der Waals surface area contributed by atoms with E-state index < -0.39 is 0 Å². The van der Waals surface area contributed by atoms with Crippen molar-refractivity contribution in [1.29, 1.82) is 10.5 Å². The molecule has 4 rings (SSSR count). The summed E-state index contributed by atoms with van der Waals surface area (Å²) in [4.78, 5) is 2.39. The van der Waals surface area contributed by atoms with Gasteiger partial charge in [-0.1, -0.05) is 0 Å². The molecule has 0 amide bonds. The van der Waals surface area contributed by atoms with Crippen molar-refractivity contribution < 1.29 is 9.47 Å². The summed E-state index contributed by atoms with van der Waals surface area (Å²) >= 11 is 0. The van der Waals surface area contributed by atoms with E-state index >= 15 is 0 Å². The molecule has 3 aliphatic rings. The summed E-state index contributed by atoms with van der Waals surface area (Å²) < 4.78 is 12.1. The van der Waals surface area contributed by atoms with Crippen molar-refractivity contribution in [3.63, 3.8) is 0 Å². The third-order valence-corrected chi connectivity index (χ3v) is 5.80. The Labute approximate surface area is 183 Å². The molecule has 0 aliphatic carbocycles. The minimum absolute atomic E-state index is 0.309. The van der Waals surface area contributed by atoms with Gasteiger partial charge >= 0.3 is 0 Å². The van der Waals surface area contributed by atoms with Gasteiger partial charge in [-0.2, -0.15) is 10.5 Å². The van der Waals surface area contributed by atoms with Crippen molar-refractivity contribution in [2.45, 2.75) is 40.0 Å². The molecule has 0 spiro atoms. The van der Waals surface area contributed by atoms with E-state index in [0.717, 1.165) is 41.2 Å². The SMILES string of the molecule is CC1=C/C(=C(\C)C#N)C=C(/C(C#N)=C2\C=C(C)c3ccc(N4CCCCC4)cc3O2)O1. The first kappa shape index (κ1) is 20.6. The Kier molecular flexibility index (Phi) is 5.69. The molecule has 0 unspecified atom stereocenters. The number of benzene rings is 1. The first-order chi connectivity index (χ1) is 15.0. The van der Waals surface area contributed by atoms with Crippen molar-refractivity contribution in [2.75, 3.05) is 18.0 Å². The van der Waals surface area contributed by atoms with Crippen LogP contribution in [0.1, 0.15) is 45.6 Å². The monoisotopic (exact) mass is 411 g/mol. The van der Waals surface area contributed by atoms with Gasteiger partial charge in [-0.15, -0.1) is 0 Å². The number of nitrogens with zero attached hydrogens (tertiary/aromatic N) is 3. The molecule has 5 heteroatoms. The van der Waals surface area contributed by atoms with Gasteiger partial charge in [0.1, 0.15) is 34.7 Å². The second-order valence-electron chi connectivity index (χ2n) is 8.07. The molecule has 1 saturated heterocycles. The zero-order valence-electron chi connectivity index (χ0n) is 18.2. The Morgan fingerprint density at radius 3 is 2.45 bits per heavy atom. The van der Waals surface area contributed by atoms with Crippen molar-refractivity contribution in [3.8, 4) is 17.9 Å². The van der Waals surface area contributed by atoms with Crippen LogP contribution in [0, 0.1) is 22.7 Å². The van der Waals surface area contributed by atoms with Gasteiger partial charge < -0.3 is 14.4 Å². The van der Waals surface area contributed by atoms with Crippen LogP contribution in [0.15, 0.2) is 70.4 Å². The number of allylic oxidation sites excluding steroid dienone is 8. The van der Waals surface area contributed by atoms with E-state index in [2.05, 4.69) is 35.2 Å². The van der Waals surface area contributed by atoms with Gasteiger partial charge in [0, 0.05) is 36.0 Å². The van der Waals surface area contributed by atoms with Gasteiger partial charge in [-0.05, 0) is 81.5 Å². The Morgan fingerprint density at radius 1 is 0.968 bits per heavy atom. The Morgan fingerprint density at radius 2 is 1.74 bits per heavy atom. The maximum absolute atomic E-state index is 9.94. The molecule has 0 saturated carbocycles. The van der Waals surface area contributed by atoms with Gasteiger partial charge in [0.05, 0.1) is 6.07 Å². The van der Waals surface area contributed by atoms with Crippen LogP contribution in [-0.2, 0) is 4.74 Å². The van der Waals surface area contributed by atoms with E-state index in [1.807, 2.05) is 13.0 Å². The standard InChI is InChI=1S/C26H25N3O2/c1-17-11-24(23(16-28)25-13-20(18(2)15-27)12-19(3)30-25)31-26-14-21(7-8-22(17)26)29-9-5-4-6-10-29/h7-8,11-14H,4-6,9-10H2,1-3H3/b20-18-,24-23+. The molecule has 0 bridgehead atoms. The number of nitriles is 2. The fourth-order valence-corrected chi connectivity index (χ4v) is 4.09. The van der Waals surface area contributed by atoms with Crippen molar-refractivity contribution in [3.05, 3.63) is 76.0 Å². The van der Waals surface area contributed by atoms with Gasteiger partial charge in [0.15, 0.2) is 0 Å². The van der Waals surface area contributed by atoms with Crippen molar-refractivity contribution >= 4 is 11.3 Å². The molecule has 3 aliphatic heterocycles. The third kappa shape index (κ3) is 4.13. The highest BCUT2D eigenvalue weighted by Crippen LogP contribution is 2.39. The lowest BCUT2D eigenvalue weighted by atomic mass is 9.99. The van der Waals surface area contributed by atoms with E-state index in [0.29, 0.717) is 28.4 Å². The summed E-state index contributed by atoms with van der Waals surface area (Å²) in [5.74, 6) is 2.22. The van der Waals surface area contributed by atoms with Crippen LogP contribution in [0.2, 0.25) is 0 Å². The zero-order chi connectivity index (χ0) is 22.0. The lowest BCUT2D eigenvalue weighted by Gasteiger charge is -2.30. The third-order valence-electron chi connectivity index (χ3n) is 5.80. The second-order valence-corrected chi connectivity index (χ2v) is 8.07. The van der Waals surface area contributed by atoms with Crippen molar-refractivity contribution in [1.82, 2.24) is 0 Å². The lowest BCUT2D eigenvalue weighted by molar-refractivity contribution is 0.309. The summed E-state index contributed by atoms with van der Waals surface area (Å²) in [6.07, 6.45) is 9.09. The molecule has 1 aromatic carbocycles. The molecular formula is C26H25N3O2. The van der Waals surface area contributed by atoms with Gasteiger partial charge in [0.2, 0.25) is 0 Å². The molecular weight excluding hydrogens is 386 g/mol. The summed E-state index contributed by atoms with van der Waals surface area (Å²) in [6.45, 7) is 7.68. The van der Waals surface area contributed by atoms with Crippen LogP contribution < -0.4 is 9.64 Å². The molecule has 5 nitrogen and oxygen atoms in total. The number of hydrogen-bond acceptors (Lipinski definition) is 5. The van der Waals surface area contributed by atoms with Gasteiger partial charge in [0.25, 0.3) is 0 Å². The normalized spacial score (nSPS) is 21.2. The first-order valence-electron chi connectivity index (χ1n) is 10.6. The maximum atomic E-state index is 9.94. The highest BCUT2D eigenvalue weighted by Gasteiger charge is 2.24. The molecule has 0 radical (unpaired) electrons. The number of piperidine rings is 1. The highest BCUT2D eigenvalue weighted by atomic mass is 16.5. The Balaban J connectivity index is 1.74. The average Bonchev–Trinajstić information content (AvgIpc) is 2.79. The van der Waals surface area contributed by atoms with E-state index in [-0.39, 0.29) is 0 Å². The molecule has 1 aromatic rings. The van der Waals surface area contributed by atoms with E-state index in [1.54, 1.807) is 26.0 Å². The Bertz CT molecular complexity index is 1160. The minimum atomic E-state index is 0.309. The molecule has 3 heterocycles. The van der Waals surface area contributed by atoms with Crippen LogP contribution in [0.5, 0.6) is 5.75 Å². The summed E-state index contributed by atoms with van der Waals surface area (Å²) in [5, 5.41) is 19.2. The number of hydrogen-bond donors (Lipinski definition) is 0. The van der Waals surface area contributed by atoms with Gasteiger partial charge in [-0.25, -0.2) is 0 Å². The van der Waals surface area contributed by atoms with Crippen LogP contribution in [0.25, 0.3) is 5.57 Å². The molecule has 0 aromatic heterocycles. The average molecular weight is 412 g/mol. The number of anilines is 1. The number of fused-ring (bicyclic) bond motifs is 1. The lowest BCUT2D eigenvalue weighted by Crippen LogP contribution is -2.29. The fraction of sp³-hybridized carbons (Fsp3) is 0.308.